The lowest BCUT2D eigenvalue weighted by atomic mass is 9.99. The monoisotopic (exact) mass is 478 g/mol. The third-order valence-corrected chi connectivity index (χ3v) is 7.27. The number of rotatable bonds is 8. The number of Topliss-reactive ketones (excluding diaryl/α,β-unsaturated/α-hetero) is 1. The topological polar surface area (TPSA) is 95.3 Å². The second-order valence-electron chi connectivity index (χ2n) is 8.51. The minimum absolute atomic E-state index is 0.0167. The first-order valence-corrected chi connectivity index (χ1v) is 12.3. The van der Waals surface area contributed by atoms with Gasteiger partial charge in [0, 0.05) is 23.4 Å². The second-order valence-corrected chi connectivity index (χ2v) is 9.45. The molecule has 34 heavy (non-hydrogen) atoms. The number of ether oxygens (including phenoxy) is 2. The van der Waals surface area contributed by atoms with Crippen molar-refractivity contribution < 1.29 is 19.1 Å². The minimum atomic E-state index is -0.253. The zero-order valence-electron chi connectivity index (χ0n) is 19.1. The van der Waals surface area contributed by atoms with Gasteiger partial charge in [0.05, 0.1) is 31.4 Å². The van der Waals surface area contributed by atoms with Crippen molar-refractivity contribution in [2.45, 2.75) is 43.5 Å². The Morgan fingerprint density at radius 2 is 2.06 bits per heavy atom. The van der Waals surface area contributed by atoms with Crippen LogP contribution < -0.4 is 10.1 Å². The van der Waals surface area contributed by atoms with Gasteiger partial charge in [-0.25, -0.2) is 0 Å². The number of amides is 1. The van der Waals surface area contributed by atoms with Gasteiger partial charge in [-0.3, -0.25) is 14.2 Å². The number of fused-ring (bicyclic) bond motifs is 1. The SMILES string of the molecule is COc1ccc(-c2nnc(SCC(=O)c3ccc4c(c3)[C@H](C)C(=O)N4)n2C[C@H]2CCCO2)cc1. The highest BCUT2D eigenvalue weighted by molar-refractivity contribution is 7.99. The summed E-state index contributed by atoms with van der Waals surface area (Å²) in [7, 11) is 1.64. The molecule has 0 radical (unpaired) electrons. The lowest BCUT2D eigenvalue weighted by Crippen LogP contribution is -2.17. The molecule has 3 aromatic rings. The minimum Gasteiger partial charge on any atom is -0.497 e. The fourth-order valence-corrected chi connectivity index (χ4v) is 5.15. The molecule has 9 heteroatoms. The molecule has 1 fully saturated rings. The lowest BCUT2D eigenvalue weighted by Gasteiger charge is -2.15. The number of aromatic nitrogens is 3. The van der Waals surface area contributed by atoms with Gasteiger partial charge >= 0.3 is 0 Å². The second kappa shape index (κ2) is 9.60. The highest BCUT2D eigenvalue weighted by Gasteiger charge is 2.27. The molecule has 1 saturated heterocycles. The van der Waals surface area contributed by atoms with Gasteiger partial charge in [0.2, 0.25) is 5.91 Å². The molecule has 1 aromatic heterocycles. The van der Waals surface area contributed by atoms with Crippen molar-refractivity contribution in [3.05, 3.63) is 53.6 Å². The first-order valence-electron chi connectivity index (χ1n) is 11.3. The van der Waals surface area contributed by atoms with Gasteiger partial charge in [-0.2, -0.15) is 0 Å². The first kappa shape index (κ1) is 22.6. The Balaban J connectivity index is 1.36. The van der Waals surface area contributed by atoms with Gasteiger partial charge in [0.15, 0.2) is 16.8 Å². The lowest BCUT2D eigenvalue weighted by molar-refractivity contribution is -0.116. The number of nitrogens with zero attached hydrogens (tertiary/aromatic N) is 3. The number of hydrogen-bond donors (Lipinski definition) is 1. The fourth-order valence-electron chi connectivity index (χ4n) is 4.31. The van der Waals surface area contributed by atoms with Crippen LogP contribution in [0.3, 0.4) is 0 Å². The third kappa shape index (κ3) is 4.45. The summed E-state index contributed by atoms with van der Waals surface area (Å²) in [6.07, 6.45) is 2.13. The number of benzene rings is 2. The van der Waals surface area contributed by atoms with Crippen molar-refractivity contribution in [1.29, 1.82) is 0 Å². The van der Waals surface area contributed by atoms with Crippen molar-refractivity contribution in [3.63, 3.8) is 0 Å². The summed E-state index contributed by atoms with van der Waals surface area (Å²) in [5, 5.41) is 12.4. The van der Waals surface area contributed by atoms with E-state index in [9.17, 15) is 9.59 Å². The van der Waals surface area contributed by atoms with E-state index in [1.165, 1.54) is 11.8 Å². The van der Waals surface area contributed by atoms with Crippen LogP contribution in [0.4, 0.5) is 5.69 Å². The Kier molecular flexibility index (Phi) is 6.38. The molecular formula is C25H26N4O4S. The molecular weight excluding hydrogens is 452 g/mol. The van der Waals surface area contributed by atoms with Crippen LogP contribution >= 0.6 is 11.8 Å². The van der Waals surface area contributed by atoms with Crippen molar-refractivity contribution in [1.82, 2.24) is 14.8 Å². The van der Waals surface area contributed by atoms with E-state index >= 15 is 0 Å². The zero-order valence-corrected chi connectivity index (χ0v) is 19.9. The van der Waals surface area contributed by atoms with Crippen LogP contribution in [0, 0.1) is 0 Å². The van der Waals surface area contributed by atoms with E-state index < -0.39 is 0 Å². The molecule has 0 unspecified atom stereocenters. The van der Waals surface area contributed by atoms with E-state index in [1.807, 2.05) is 41.8 Å². The van der Waals surface area contributed by atoms with E-state index in [4.69, 9.17) is 9.47 Å². The first-order chi connectivity index (χ1) is 16.5. The summed E-state index contributed by atoms with van der Waals surface area (Å²) in [5.41, 5.74) is 3.16. The molecule has 2 aliphatic heterocycles. The number of methoxy groups -OCH3 is 1. The average Bonchev–Trinajstić information content (AvgIpc) is 3.58. The van der Waals surface area contributed by atoms with Crippen LogP contribution in [0.15, 0.2) is 47.6 Å². The summed E-state index contributed by atoms with van der Waals surface area (Å²) >= 11 is 1.37. The predicted octanol–water partition coefficient (Wildman–Crippen LogP) is 4.16. The van der Waals surface area contributed by atoms with Crippen LogP contribution in [0.5, 0.6) is 5.75 Å². The number of nitrogens with one attached hydrogen (secondary N) is 1. The Morgan fingerprint density at radius 1 is 1.24 bits per heavy atom. The van der Waals surface area contributed by atoms with E-state index in [-0.39, 0.29) is 29.5 Å². The highest BCUT2D eigenvalue weighted by Crippen LogP contribution is 2.33. The molecule has 5 rings (SSSR count). The summed E-state index contributed by atoms with van der Waals surface area (Å²) in [4.78, 5) is 24.9. The molecule has 2 aliphatic rings. The van der Waals surface area contributed by atoms with E-state index in [0.29, 0.717) is 17.3 Å². The molecule has 0 bridgehead atoms. The summed E-state index contributed by atoms with van der Waals surface area (Å²) in [6.45, 7) is 3.24. The largest absolute Gasteiger partial charge is 0.497 e. The van der Waals surface area contributed by atoms with Gasteiger partial charge in [-0.05, 0) is 67.8 Å². The predicted molar refractivity (Wildman–Crippen MR) is 130 cm³/mol. The van der Waals surface area contributed by atoms with Gasteiger partial charge in [0.1, 0.15) is 5.75 Å². The van der Waals surface area contributed by atoms with Crippen molar-refractivity contribution in [3.8, 4) is 17.1 Å². The molecule has 1 N–H and O–H groups in total. The van der Waals surface area contributed by atoms with Crippen LogP contribution in [0.1, 0.15) is 41.6 Å². The molecule has 176 valence electrons. The maximum atomic E-state index is 13.0. The Hall–Kier alpha value is -3.17. The van der Waals surface area contributed by atoms with E-state index in [1.54, 1.807) is 19.2 Å². The number of carbonyl (C=O) groups is 2. The molecule has 2 aromatic carbocycles. The van der Waals surface area contributed by atoms with Crippen molar-refractivity contribution in [2.75, 3.05) is 24.8 Å². The molecule has 8 nitrogen and oxygen atoms in total. The standard InChI is InChI=1S/C25H26N4O4S/c1-15-20-12-17(7-10-21(20)26-24(15)31)22(30)14-34-25-28-27-23(16-5-8-18(32-2)9-6-16)29(25)13-19-4-3-11-33-19/h5-10,12,15,19H,3-4,11,13-14H2,1-2H3,(H,26,31)/t15-,19+/m0/s1. The highest BCUT2D eigenvalue weighted by atomic mass is 32.2. The molecule has 3 heterocycles. The molecule has 0 aliphatic carbocycles. The van der Waals surface area contributed by atoms with E-state index in [0.717, 1.165) is 47.8 Å². The van der Waals surface area contributed by atoms with Crippen LogP contribution in [0.2, 0.25) is 0 Å². The number of ketones is 1. The number of anilines is 1. The van der Waals surface area contributed by atoms with Crippen LogP contribution in [-0.2, 0) is 16.1 Å². The smallest absolute Gasteiger partial charge is 0.231 e. The fraction of sp³-hybridized carbons (Fsp3) is 0.360. The maximum absolute atomic E-state index is 13.0. The summed E-state index contributed by atoms with van der Waals surface area (Å²) in [6, 6.07) is 13.1. The zero-order chi connectivity index (χ0) is 23.7. The van der Waals surface area contributed by atoms with E-state index in [2.05, 4.69) is 15.5 Å². The van der Waals surface area contributed by atoms with Gasteiger partial charge < -0.3 is 14.8 Å². The van der Waals surface area contributed by atoms with Gasteiger partial charge in [-0.15, -0.1) is 10.2 Å². The molecule has 1 amide bonds. The number of carbonyl (C=O) groups excluding carboxylic acids is 2. The molecule has 2 atom stereocenters. The quantitative estimate of drug-likeness (QED) is 0.384. The molecule has 0 saturated carbocycles. The Bertz CT molecular complexity index is 1220. The van der Waals surface area contributed by atoms with Gasteiger partial charge in [0.25, 0.3) is 0 Å². The number of hydrogen-bond acceptors (Lipinski definition) is 7. The maximum Gasteiger partial charge on any atom is 0.231 e. The summed E-state index contributed by atoms with van der Waals surface area (Å²) in [5.74, 6) is 1.43. The Morgan fingerprint density at radius 3 is 2.79 bits per heavy atom. The van der Waals surface area contributed by atoms with Gasteiger partial charge in [-0.1, -0.05) is 11.8 Å². The number of thioether (sulfide) groups is 1. The third-order valence-electron chi connectivity index (χ3n) is 6.30. The summed E-state index contributed by atoms with van der Waals surface area (Å²) < 4.78 is 13.2. The normalized spacial score (nSPS) is 19.2. The Labute approximate surface area is 202 Å². The molecule has 0 spiro atoms. The average molecular weight is 479 g/mol. The van der Waals surface area contributed by atoms with Crippen LogP contribution in [-0.4, -0.2) is 52.0 Å². The van der Waals surface area contributed by atoms with Crippen molar-refractivity contribution in [2.24, 2.45) is 0 Å². The van der Waals surface area contributed by atoms with Crippen LogP contribution in [0.25, 0.3) is 11.4 Å². The van der Waals surface area contributed by atoms with Crippen molar-refractivity contribution >= 4 is 29.1 Å².